The van der Waals surface area contributed by atoms with Crippen LogP contribution in [0.15, 0.2) is 49.1 Å². The van der Waals surface area contributed by atoms with Crippen LogP contribution in [0.3, 0.4) is 0 Å². The zero-order valence-electron chi connectivity index (χ0n) is 8.18. The summed E-state index contributed by atoms with van der Waals surface area (Å²) in [6.45, 7) is 5.29. The summed E-state index contributed by atoms with van der Waals surface area (Å²) in [5.41, 5.74) is 1.17. The Hall–Kier alpha value is -1.83. The number of rotatable bonds is 2. The fourth-order valence-corrected chi connectivity index (χ4v) is 0.732. The maximum atomic E-state index is 9.51. The molecule has 0 aliphatic rings. The van der Waals surface area contributed by atoms with Crippen LogP contribution in [0.25, 0.3) is 6.08 Å². The molecule has 2 heteroatoms. The SMILES string of the molecule is C/C=C/C(=O)O.C=Cc1ccccc1. The van der Waals surface area contributed by atoms with Crippen LogP contribution in [0.2, 0.25) is 0 Å². The van der Waals surface area contributed by atoms with Crippen molar-refractivity contribution >= 4 is 12.0 Å². The molecule has 0 fully saturated rings. The van der Waals surface area contributed by atoms with Gasteiger partial charge in [0.05, 0.1) is 0 Å². The minimum atomic E-state index is -0.891. The highest BCUT2D eigenvalue weighted by Gasteiger charge is 1.77. The highest BCUT2D eigenvalue weighted by Crippen LogP contribution is 1.97. The lowest BCUT2D eigenvalue weighted by Crippen LogP contribution is -1.83. The normalized spacial score (nSPS) is 8.93. The van der Waals surface area contributed by atoms with E-state index in [9.17, 15) is 4.79 Å². The molecule has 0 amide bonds. The largest absolute Gasteiger partial charge is 0.478 e. The van der Waals surface area contributed by atoms with E-state index in [1.165, 1.54) is 11.6 Å². The van der Waals surface area contributed by atoms with Crippen LogP contribution in [-0.4, -0.2) is 11.1 Å². The lowest BCUT2D eigenvalue weighted by molar-refractivity contribution is -0.131. The van der Waals surface area contributed by atoms with Crippen LogP contribution in [-0.2, 0) is 4.79 Å². The van der Waals surface area contributed by atoms with Crippen LogP contribution >= 0.6 is 0 Å². The van der Waals surface area contributed by atoms with E-state index in [1.807, 2.05) is 36.4 Å². The van der Waals surface area contributed by atoms with Crippen molar-refractivity contribution in [3.8, 4) is 0 Å². The van der Waals surface area contributed by atoms with Gasteiger partial charge in [0.15, 0.2) is 0 Å². The number of carbonyl (C=O) groups is 1. The van der Waals surface area contributed by atoms with Gasteiger partial charge in [0.25, 0.3) is 0 Å². The number of carboxylic acid groups (broad SMARTS) is 1. The Labute approximate surface area is 84.2 Å². The Bertz CT molecular complexity index is 299. The van der Waals surface area contributed by atoms with Crippen molar-refractivity contribution < 1.29 is 9.90 Å². The molecule has 1 aromatic rings. The summed E-state index contributed by atoms with van der Waals surface area (Å²) in [7, 11) is 0. The van der Waals surface area contributed by atoms with Gasteiger partial charge in [-0.3, -0.25) is 0 Å². The van der Waals surface area contributed by atoms with Crippen molar-refractivity contribution in [3.63, 3.8) is 0 Å². The molecule has 14 heavy (non-hydrogen) atoms. The molecule has 0 unspecified atom stereocenters. The number of allylic oxidation sites excluding steroid dienone is 1. The average molecular weight is 190 g/mol. The summed E-state index contributed by atoms with van der Waals surface area (Å²) in [6, 6.07) is 10.0. The summed E-state index contributed by atoms with van der Waals surface area (Å²) in [5.74, 6) is -0.891. The second-order valence-corrected chi connectivity index (χ2v) is 2.45. The van der Waals surface area contributed by atoms with E-state index in [2.05, 4.69) is 6.58 Å². The zero-order chi connectivity index (χ0) is 10.8. The van der Waals surface area contributed by atoms with Crippen molar-refractivity contribution in [2.24, 2.45) is 0 Å². The minimum Gasteiger partial charge on any atom is -0.478 e. The van der Waals surface area contributed by atoms with Crippen molar-refractivity contribution in [2.75, 3.05) is 0 Å². The van der Waals surface area contributed by atoms with Gasteiger partial charge in [0.1, 0.15) is 0 Å². The van der Waals surface area contributed by atoms with Gasteiger partial charge in [-0.1, -0.05) is 49.1 Å². The first kappa shape index (κ1) is 12.2. The van der Waals surface area contributed by atoms with Gasteiger partial charge in [-0.15, -0.1) is 0 Å². The number of hydrogen-bond donors (Lipinski definition) is 1. The van der Waals surface area contributed by atoms with Crippen molar-refractivity contribution in [1.82, 2.24) is 0 Å². The number of carboxylic acids is 1. The molecule has 1 rings (SSSR count). The third-order valence-electron chi connectivity index (χ3n) is 1.34. The van der Waals surface area contributed by atoms with E-state index in [0.29, 0.717) is 0 Å². The van der Waals surface area contributed by atoms with Gasteiger partial charge in [-0.25, -0.2) is 4.79 Å². The Balaban J connectivity index is 0.000000255. The first-order valence-corrected chi connectivity index (χ1v) is 4.23. The summed E-state index contributed by atoms with van der Waals surface area (Å²) >= 11 is 0. The maximum absolute atomic E-state index is 9.51. The molecule has 0 aliphatic carbocycles. The van der Waals surface area contributed by atoms with Gasteiger partial charge in [0.2, 0.25) is 0 Å². The van der Waals surface area contributed by atoms with E-state index < -0.39 is 5.97 Å². The average Bonchev–Trinajstić information content (AvgIpc) is 2.20. The fourth-order valence-electron chi connectivity index (χ4n) is 0.732. The van der Waals surface area contributed by atoms with E-state index in [-0.39, 0.29) is 0 Å². The molecule has 1 N–H and O–H groups in total. The van der Waals surface area contributed by atoms with E-state index in [4.69, 9.17) is 5.11 Å². The summed E-state index contributed by atoms with van der Waals surface area (Å²) in [4.78, 5) is 9.51. The van der Waals surface area contributed by atoms with Crippen molar-refractivity contribution in [1.29, 1.82) is 0 Å². The number of aliphatic carboxylic acids is 1. The Morgan fingerprint density at radius 3 is 2.14 bits per heavy atom. The van der Waals surface area contributed by atoms with Crippen molar-refractivity contribution in [3.05, 3.63) is 54.6 Å². The Kier molecular flexibility index (Phi) is 6.78. The van der Waals surface area contributed by atoms with Crippen LogP contribution in [0.5, 0.6) is 0 Å². The first-order valence-electron chi connectivity index (χ1n) is 4.23. The second-order valence-electron chi connectivity index (χ2n) is 2.45. The summed E-state index contributed by atoms with van der Waals surface area (Å²) in [5, 5.41) is 7.83. The van der Waals surface area contributed by atoms with Gasteiger partial charge in [0, 0.05) is 6.08 Å². The quantitative estimate of drug-likeness (QED) is 0.728. The lowest BCUT2D eigenvalue weighted by Gasteiger charge is -1.85. The Morgan fingerprint density at radius 2 is 1.93 bits per heavy atom. The summed E-state index contributed by atoms with van der Waals surface area (Å²) < 4.78 is 0. The highest BCUT2D eigenvalue weighted by atomic mass is 16.4. The van der Waals surface area contributed by atoms with Gasteiger partial charge >= 0.3 is 5.97 Å². The standard InChI is InChI=1S/C8H8.C4H6O2/c1-2-8-6-4-3-5-7-8;1-2-3-4(5)6/h2-7H,1H2;2-3H,1H3,(H,5,6)/b;3-2+. The molecule has 0 saturated heterocycles. The topological polar surface area (TPSA) is 37.3 Å². The van der Waals surface area contributed by atoms with Crippen LogP contribution in [0.4, 0.5) is 0 Å². The second kappa shape index (κ2) is 7.80. The molecular formula is C12H14O2. The predicted molar refractivity (Wildman–Crippen MR) is 59.0 cm³/mol. The molecule has 0 aliphatic heterocycles. The van der Waals surface area contributed by atoms with Crippen LogP contribution in [0, 0.1) is 0 Å². The minimum absolute atomic E-state index is 0.891. The monoisotopic (exact) mass is 190 g/mol. The van der Waals surface area contributed by atoms with E-state index in [0.717, 1.165) is 6.08 Å². The predicted octanol–water partition coefficient (Wildman–Crippen LogP) is 2.98. The van der Waals surface area contributed by atoms with Crippen LogP contribution in [0.1, 0.15) is 12.5 Å². The third kappa shape index (κ3) is 6.85. The molecule has 0 spiro atoms. The molecular weight excluding hydrogens is 176 g/mol. The van der Waals surface area contributed by atoms with Crippen LogP contribution < -0.4 is 0 Å². The zero-order valence-corrected chi connectivity index (χ0v) is 8.18. The maximum Gasteiger partial charge on any atom is 0.327 e. The molecule has 0 saturated carbocycles. The first-order chi connectivity index (χ1) is 6.70. The van der Waals surface area contributed by atoms with E-state index in [1.54, 1.807) is 6.92 Å². The lowest BCUT2D eigenvalue weighted by atomic mass is 10.2. The molecule has 0 atom stereocenters. The van der Waals surface area contributed by atoms with Crippen molar-refractivity contribution in [2.45, 2.75) is 6.92 Å². The highest BCUT2D eigenvalue weighted by molar-refractivity contribution is 5.79. The molecule has 2 nitrogen and oxygen atoms in total. The Morgan fingerprint density at radius 1 is 1.36 bits per heavy atom. The molecule has 0 heterocycles. The van der Waals surface area contributed by atoms with Gasteiger partial charge in [-0.05, 0) is 12.5 Å². The number of benzene rings is 1. The fraction of sp³-hybridized carbons (Fsp3) is 0.0833. The third-order valence-corrected chi connectivity index (χ3v) is 1.34. The molecule has 0 aromatic heterocycles. The van der Waals surface area contributed by atoms with E-state index >= 15 is 0 Å². The summed E-state index contributed by atoms with van der Waals surface area (Å²) in [6.07, 6.45) is 4.39. The molecule has 0 bridgehead atoms. The molecule has 0 radical (unpaired) electrons. The smallest absolute Gasteiger partial charge is 0.327 e. The molecule has 1 aromatic carbocycles. The van der Waals surface area contributed by atoms with Gasteiger partial charge < -0.3 is 5.11 Å². The number of hydrogen-bond acceptors (Lipinski definition) is 1. The molecule has 74 valence electrons. The van der Waals surface area contributed by atoms with Gasteiger partial charge in [-0.2, -0.15) is 0 Å².